The molecule has 0 aliphatic heterocycles. The molecule has 0 aromatic rings. The number of rotatable bonds is 7. The molecule has 0 spiro atoms. The Hall–Kier alpha value is -1.52. The number of amides is 1. The van der Waals surface area contributed by atoms with E-state index < -0.39 is 0 Å². The summed E-state index contributed by atoms with van der Waals surface area (Å²) in [6.07, 6.45) is 1.77. The molecule has 3 N–H and O–H groups in total. The lowest BCUT2D eigenvalue weighted by molar-refractivity contribution is -0.123. The van der Waals surface area contributed by atoms with Gasteiger partial charge in [0, 0.05) is 25.6 Å². The lowest BCUT2D eigenvalue weighted by Gasteiger charge is -2.10. The zero-order valence-electron chi connectivity index (χ0n) is 11.0. The van der Waals surface area contributed by atoms with Crippen LogP contribution in [-0.2, 0) is 4.79 Å². The number of nitrogens with zero attached hydrogens (tertiary/aromatic N) is 1. The fraction of sp³-hybridized carbons (Fsp3) is 0.667. The highest BCUT2D eigenvalue weighted by atomic mass is 16.1. The molecule has 0 heterocycles. The van der Waals surface area contributed by atoms with Crippen LogP contribution in [0.15, 0.2) is 17.6 Å². The Balaban J connectivity index is 3.90. The maximum absolute atomic E-state index is 11.3. The van der Waals surface area contributed by atoms with Gasteiger partial charge in [0.2, 0.25) is 5.91 Å². The molecule has 0 aliphatic carbocycles. The summed E-state index contributed by atoms with van der Waals surface area (Å²) in [5.41, 5.74) is 0. The predicted octanol–water partition coefficient (Wildman–Crippen LogP) is 0.500. The smallest absolute Gasteiger partial charge is 0.222 e. The summed E-state index contributed by atoms with van der Waals surface area (Å²) in [6, 6.07) is 0. The molecule has 0 saturated carbocycles. The molecule has 0 rings (SSSR count). The molecule has 98 valence electrons. The molecule has 0 bridgehead atoms. The second kappa shape index (κ2) is 9.69. The quantitative estimate of drug-likeness (QED) is 0.263. The van der Waals surface area contributed by atoms with Crippen molar-refractivity contribution in [2.45, 2.75) is 20.8 Å². The van der Waals surface area contributed by atoms with E-state index in [9.17, 15) is 4.79 Å². The summed E-state index contributed by atoms with van der Waals surface area (Å²) in [5, 5.41) is 9.01. The minimum Gasteiger partial charge on any atom is -0.357 e. The SMILES string of the molecule is C=CCNC(=NCCNC(=O)C(C)C)NCC. The highest BCUT2D eigenvalue weighted by molar-refractivity contribution is 5.80. The van der Waals surface area contributed by atoms with E-state index in [1.54, 1.807) is 6.08 Å². The molecule has 0 aliphatic rings. The van der Waals surface area contributed by atoms with Crippen molar-refractivity contribution < 1.29 is 4.79 Å². The molecule has 5 nitrogen and oxygen atoms in total. The van der Waals surface area contributed by atoms with E-state index in [4.69, 9.17) is 0 Å². The van der Waals surface area contributed by atoms with Crippen LogP contribution in [0.1, 0.15) is 20.8 Å². The highest BCUT2D eigenvalue weighted by Crippen LogP contribution is 1.89. The number of carbonyl (C=O) groups excluding carboxylic acids is 1. The van der Waals surface area contributed by atoms with Crippen molar-refractivity contribution in [1.29, 1.82) is 0 Å². The molecule has 0 unspecified atom stereocenters. The van der Waals surface area contributed by atoms with Crippen molar-refractivity contribution in [3.05, 3.63) is 12.7 Å². The summed E-state index contributed by atoms with van der Waals surface area (Å²) in [7, 11) is 0. The largest absolute Gasteiger partial charge is 0.357 e. The number of guanidine groups is 1. The van der Waals surface area contributed by atoms with E-state index in [0.717, 1.165) is 12.5 Å². The van der Waals surface area contributed by atoms with Crippen molar-refractivity contribution >= 4 is 11.9 Å². The van der Waals surface area contributed by atoms with Crippen molar-refractivity contribution in [2.24, 2.45) is 10.9 Å². The van der Waals surface area contributed by atoms with E-state index in [2.05, 4.69) is 27.5 Å². The maximum atomic E-state index is 11.3. The van der Waals surface area contributed by atoms with Gasteiger partial charge in [-0.2, -0.15) is 0 Å². The third-order valence-electron chi connectivity index (χ3n) is 1.96. The molecule has 0 saturated heterocycles. The topological polar surface area (TPSA) is 65.5 Å². The average Bonchev–Trinajstić information content (AvgIpc) is 2.30. The number of aliphatic imine (C=N–C) groups is 1. The van der Waals surface area contributed by atoms with Gasteiger partial charge < -0.3 is 16.0 Å². The van der Waals surface area contributed by atoms with Gasteiger partial charge in [-0.25, -0.2) is 0 Å². The summed E-state index contributed by atoms with van der Waals surface area (Å²) >= 11 is 0. The van der Waals surface area contributed by atoms with Crippen LogP contribution in [0, 0.1) is 5.92 Å². The third-order valence-corrected chi connectivity index (χ3v) is 1.96. The number of hydrogen-bond donors (Lipinski definition) is 3. The lowest BCUT2D eigenvalue weighted by atomic mass is 10.2. The predicted molar refractivity (Wildman–Crippen MR) is 72.0 cm³/mol. The van der Waals surface area contributed by atoms with Crippen LogP contribution >= 0.6 is 0 Å². The molecule has 1 amide bonds. The van der Waals surface area contributed by atoms with E-state index >= 15 is 0 Å². The van der Waals surface area contributed by atoms with Gasteiger partial charge in [-0.3, -0.25) is 9.79 Å². The van der Waals surface area contributed by atoms with Gasteiger partial charge in [-0.05, 0) is 6.92 Å². The Morgan fingerprint density at radius 3 is 2.59 bits per heavy atom. The average molecular weight is 240 g/mol. The first-order chi connectivity index (χ1) is 8.11. The van der Waals surface area contributed by atoms with Gasteiger partial charge in [0.05, 0.1) is 6.54 Å². The van der Waals surface area contributed by atoms with Crippen LogP contribution in [0.5, 0.6) is 0 Å². The number of nitrogens with one attached hydrogen (secondary N) is 3. The maximum Gasteiger partial charge on any atom is 0.222 e. The summed E-state index contributed by atoms with van der Waals surface area (Å²) in [4.78, 5) is 15.6. The first kappa shape index (κ1) is 15.5. The first-order valence-electron chi connectivity index (χ1n) is 6.02. The summed E-state index contributed by atoms with van der Waals surface area (Å²) < 4.78 is 0. The Kier molecular flexibility index (Phi) is 8.82. The molecule has 0 aromatic carbocycles. The minimum atomic E-state index is 0.0195. The van der Waals surface area contributed by atoms with Gasteiger partial charge in [0.1, 0.15) is 0 Å². The number of carbonyl (C=O) groups is 1. The molecular formula is C12H24N4O. The Morgan fingerprint density at radius 1 is 1.35 bits per heavy atom. The highest BCUT2D eigenvalue weighted by Gasteiger charge is 2.04. The Morgan fingerprint density at radius 2 is 2.06 bits per heavy atom. The molecule has 0 aromatic heterocycles. The second-order valence-corrected chi connectivity index (χ2v) is 3.88. The number of hydrogen-bond acceptors (Lipinski definition) is 2. The Labute approximate surface area is 104 Å². The van der Waals surface area contributed by atoms with Crippen molar-refractivity contribution in [1.82, 2.24) is 16.0 Å². The van der Waals surface area contributed by atoms with Crippen LogP contribution in [0.4, 0.5) is 0 Å². The molecule has 0 atom stereocenters. The zero-order valence-corrected chi connectivity index (χ0v) is 11.0. The summed E-state index contributed by atoms with van der Waals surface area (Å²) in [6.45, 7) is 12.0. The molecular weight excluding hydrogens is 216 g/mol. The van der Waals surface area contributed by atoms with Crippen LogP contribution in [0.25, 0.3) is 0 Å². The van der Waals surface area contributed by atoms with Crippen LogP contribution < -0.4 is 16.0 Å². The third kappa shape index (κ3) is 8.30. The van der Waals surface area contributed by atoms with Gasteiger partial charge in [0.15, 0.2) is 5.96 Å². The van der Waals surface area contributed by atoms with Crippen molar-refractivity contribution in [2.75, 3.05) is 26.2 Å². The zero-order chi connectivity index (χ0) is 13.1. The van der Waals surface area contributed by atoms with E-state index in [0.29, 0.717) is 19.6 Å². The van der Waals surface area contributed by atoms with E-state index in [-0.39, 0.29) is 11.8 Å². The van der Waals surface area contributed by atoms with Crippen LogP contribution in [0.2, 0.25) is 0 Å². The standard InChI is InChI=1S/C12H24N4O/c1-5-7-15-12(13-6-2)16-9-8-14-11(17)10(3)4/h5,10H,1,6-9H2,2-4H3,(H,14,17)(H2,13,15,16). The fourth-order valence-corrected chi connectivity index (χ4v) is 1.06. The van der Waals surface area contributed by atoms with Gasteiger partial charge in [-0.15, -0.1) is 6.58 Å². The Bertz CT molecular complexity index is 261. The lowest BCUT2D eigenvalue weighted by Crippen LogP contribution is -2.38. The van der Waals surface area contributed by atoms with E-state index in [1.807, 2.05) is 20.8 Å². The van der Waals surface area contributed by atoms with Gasteiger partial charge in [0.25, 0.3) is 0 Å². The van der Waals surface area contributed by atoms with Crippen LogP contribution in [0.3, 0.4) is 0 Å². The van der Waals surface area contributed by atoms with E-state index in [1.165, 1.54) is 0 Å². The molecule has 0 radical (unpaired) electrons. The van der Waals surface area contributed by atoms with Crippen molar-refractivity contribution in [3.8, 4) is 0 Å². The monoisotopic (exact) mass is 240 g/mol. The van der Waals surface area contributed by atoms with Crippen LogP contribution in [-0.4, -0.2) is 38.0 Å². The van der Waals surface area contributed by atoms with Gasteiger partial charge in [-0.1, -0.05) is 19.9 Å². The molecule has 17 heavy (non-hydrogen) atoms. The normalized spacial score (nSPS) is 11.2. The van der Waals surface area contributed by atoms with Gasteiger partial charge >= 0.3 is 0 Å². The summed E-state index contributed by atoms with van der Waals surface area (Å²) in [5.74, 6) is 0.821. The molecule has 0 fully saturated rings. The first-order valence-corrected chi connectivity index (χ1v) is 6.02. The fourth-order valence-electron chi connectivity index (χ4n) is 1.06. The minimum absolute atomic E-state index is 0.0195. The second-order valence-electron chi connectivity index (χ2n) is 3.88. The molecule has 5 heteroatoms. The van der Waals surface area contributed by atoms with Crippen molar-refractivity contribution in [3.63, 3.8) is 0 Å².